The highest BCUT2D eigenvalue weighted by Gasteiger charge is 2.07. The predicted octanol–water partition coefficient (Wildman–Crippen LogP) is 3.21. The summed E-state index contributed by atoms with van der Waals surface area (Å²) in [6.45, 7) is 6.24. The van der Waals surface area contributed by atoms with Gasteiger partial charge in [-0.05, 0) is 36.5 Å². The van der Waals surface area contributed by atoms with Gasteiger partial charge in [-0.25, -0.2) is 0 Å². The lowest BCUT2D eigenvalue weighted by molar-refractivity contribution is 0.461. The summed E-state index contributed by atoms with van der Waals surface area (Å²) in [6, 6.07) is 5.88. The molecule has 0 spiro atoms. The summed E-state index contributed by atoms with van der Waals surface area (Å²) in [6.07, 6.45) is 1.07. The minimum Gasteiger partial charge on any atom is -0.508 e. The number of phenols is 1. The summed E-state index contributed by atoms with van der Waals surface area (Å²) in [5.41, 5.74) is 2.17. The summed E-state index contributed by atoms with van der Waals surface area (Å²) in [4.78, 5) is 0. The molecule has 0 aliphatic carbocycles. The Balaban J connectivity index is 3.01. The summed E-state index contributed by atoms with van der Waals surface area (Å²) in [7, 11) is 0. The van der Waals surface area contributed by atoms with E-state index in [1.165, 1.54) is 0 Å². The maximum atomic E-state index is 9.59. The molecule has 0 bridgehead atoms. The predicted molar refractivity (Wildman–Crippen MR) is 51.5 cm³/mol. The Morgan fingerprint density at radius 3 is 2.58 bits per heavy atom. The standard InChI is InChI=1S/C11H16O/c1-4-9(3)10-6-5-8(2)7-11(10)12/h5-7,9,12H,4H2,1-3H3. The van der Waals surface area contributed by atoms with Crippen LogP contribution in [-0.2, 0) is 0 Å². The van der Waals surface area contributed by atoms with Gasteiger partial charge in [0.05, 0.1) is 0 Å². The van der Waals surface area contributed by atoms with Gasteiger partial charge in [-0.3, -0.25) is 0 Å². The molecular formula is C11H16O. The fourth-order valence-electron chi connectivity index (χ4n) is 1.29. The van der Waals surface area contributed by atoms with Crippen LogP contribution in [0.25, 0.3) is 0 Å². The highest BCUT2D eigenvalue weighted by atomic mass is 16.3. The average Bonchev–Trinajstić information content (AvgIpc) is 2.03. The second-order valence-corrected chi connectivity index (χ2v) is 3.37. The quantitative estimate of drug-likeness (QED) is 0.711. The van der Waals surface area contributed by atoms with Crippen LogP contribution in [0.3, 0.4) is 0 Å². The Bertz CT molecular complexity index is 266. The summed E-state index contributed by atoms with van der Waals surface area (Å²) < 4.78 is 0. The van der Waals surface area contributed by atoms with Gasteiger partial charge in [0.15, 0.2) is 0 Å². The molecule has 1 aromatic rings. The fraction of sp³-hybridized carbons (Fsp3) is 0.455. The van der Waals surface area contributed by atoms with Crippen LogP contribution in [0.4, 0.5) is 0 Å². The third-order valence-corrected chi connectivity index (χ3v) is 2.33. The Hall–Kier alpha value is -0.980. The van der Waals surface area contributed by atoms with Crippen LogP contribution in [0, 0.1) is 6.92 Å². The van der Waals surface area contributed by atoms with E-state index in [2.05, 4.69) is 13.8 Å². The molecule has 0 saturated heterocycles. The molecule has 1 aromatic carbocycles. The Morgan fingerprint density at radius 1 is 1.42 bits per heavy atom. The summed E-state index contributed by atoms with van der Waals surface area (Å²) in [5.74, 6) is 0.884. The van der Waals surface area contributed by atoms with Crippen molar-refractivity contribution in [1.82, 2.24) is 0 Å². The summed E-state index contributed by atoms with van der Waals surface area (Å²) in [5, 5.41) is 9.59. The van der Waals surface area contributed by atoms with Crippen LogP contribution in [0.1, 0.15) is 37.3 Å². The fourth-order valence-corrected chi connectivity index (χ4v) is 1.29. The van der Waals surface area contributed by atoms with E-state index in [0.29, 0.717) is 11.7 Å². The highest BCUT2D eigenvalue weighted by molar-refractivity contribution is 5.37. The smallest absolute Gasteiger partial charge is 0.119 e. The van der Waals surface area contributed by atoms with Crippen molar-refractivity contribution >= 4 is 0 Å². The van der Waals surface area contributed by atoms with Crippen molar-refractivity contribution in [3.63, 3.8) is 0 Å². The van der Waals surface area contributed by atoms with Crippen LogP contribution in [-0.4, -0.2) is 5.11 Å². The van der Waals surface area contributed by atoms with Gasteiger partial charge in [-0.2, -0.15) is 0 Å². The lowest BCUT2D eigenvalue weighted by Crippen LogP contribution is -1.91. The van der Waals surface area contributed by atoms with E-state index in [1.807, 2.05) is 25.1 Å². The molecule has 12 heavy (non-hydrogen) atoms. The van der Waals surface area contributed by atoms with E-state index in [1.54, 1.807) is 0 Å². The molecule has 0 saturated carbocycles. The molecule has 0 aliphatic heterocycles. The maximum Gasteiger partial charge on any atom is 0.119 e. The molecule has 1 N–H and O–H groups in total. The van der Waals surface area contributed by atoms with Crippen molar-refractivity contribution in [3.8, 4) is 5.75 Å². The molecule has 1 heteroatoms. The van der Waals surface area contributed by atoms with Gasteiger partial charge in [0, 0.05) is 0 Å². The van der Waals surface area contributed by atoms with E-state index < -0.39 is 0 Å². The van der Waals surface area contributed by atoms with E-state index in [4.69, 9.17) is 0 Å². The number of hydrogen-bond donors (Lipinski definition) is 1. The number of phenolic OH excluding ortho intramolecular Hbond substituents is 1. The second-order valence-electron chi connectivity index (χ2n) is 3.37. The van der Waals surface area contributed by atoms with Gasteiger partial charge in [-0.15, -0.1) is 0 Å². The minimum atomic E-state index is 0.435. The van der Waals surface area contributed by atoms with Gasteiger partial charge >= 0.3 is 0 Å². The number of rotatable bonds is 2. The molecule has 0 radical (unpaired) electrons. The normalized spacial score (nSPS) is 12.9. The third kappa shape index (κ3) is 1.79. The average molecular weight is 164 g/mol. The number of aryl methyl sites for hydroxylation is 1. The Labute approximate surface area is 74.1 Å². The van der Waals surface area contributed by atoms with E-state index in [0.717, 1.165) is 17.5 Å². The summed E-state index contributed by atoms with van der Waals surface area (Å²) >= 11 is 0. The first kappa shape index (κ1) is 9.11. The lowest BCUT2D eigenvalue weighted by atomic mass is 9.97. The second kappa shape index (κ2) is 3.61. The zero-order valence-electron chi connectivity index (χ0n) is 7.96. The lowest BCUT2D eigenvalue weighted by Gasteiger charge is -2.11. The van der Waals surface area contributed by atoms with Gasteiger partial charge in [0.2, 0.25) is 0 Å². The molecule has 0 aromatic heterocycles. The van der Waals surface area contributed by atoms with Crippen molar-refractivity contribution in [2.45, 2.75) is 33.1 Å². The van der Waals surface area contributed by atoms with Crippen molar-refractivity contribution in [1.29, 1.82) is 0 Å². The largest absolute Gasteiger partial charge is 0.508 e. The topological polar surface area (TPSA) is 20.2 Å². The van der Waals surface area contributed by atoms with Crippen molar-refractivity contribution in [2.75, 3.05) is 0 Å². The molecular weight excluding hydrogens is 148 g/mol. The molecule has 0 aliphatic rings. The van der Waals surface area contributed by atoms with Crippen LogP contribution in [0.5, 0.6) is 5.75 Å². The Kier molecular flexibility index (Phi) is 2.74. The van der Waals surface area contributed by atoms with Crippen LogP contribution in [0.2, 0.25) is 0 Å². The van der Waals surface area contributed by atoms with E-state index >= 15 is 0 Å². The first-order chi connectivity index (χ1) is 5.65. The zero-order valence-corrected chi connectivity index (χ0v) is 7.96. The molecule has 1 atom stereocenters. The first-order valence-corrected chi connectivity index (χ1v) is 4.44. The molecule has 1 unspecified atom stereocenters. The number of aromatic hydroxyl groups is 1. The van der Waals surface area contributed by atoms with Gasteiger partial charge < -0.3 is 5.11 Å². The first-order valence-electron chi connectivity index (χ1n) is 4.44. The molecule has 0 amide bonds. The van der Waals surface area contributed by atoms with Crippen molar-refractivity contribution < 1.29 is 5.11 Å². The van der Waals surface area contributed by atoms with E-state index in [9.17, 15) is 5.11 Å². The maximum absolute atomic E-state index is 9.59. The van der Waals surface area contributed by atoms with Crippen molar-refractivity contribution in [3.05, 3.63) is 29.3 Å². The van der Waals surface area contributed by atoms with Crippen LogP contribution < -0.4 is 0 Å². The van der Waals surface area contributed by atoms with E-state index in [-0.39, 0.29) is 0 Å². The Morgan fingerprint density at radius 2 is 2.08 bits per heavy atom. The molecule has 66 valence electrons. The number of hydrogen-bond acceptors (Lipinski definition) is 1. The molecule has 0 heterocycles. The van der Waals surface area contributed by atoms with Gasteiger partial charge in [0.25, 0.3) is 0 Å². The monoisotopic (exact) mass is 164 g/mol. The van der Waals surface area contributed by atoms with Gasteiger partial charge in [0.1, 0.15) is 5.75 Å². The number of benzene rings is 1. The van der Waals surface area contributed by atoms with Crippen LogP contribution >= 0.6 is 0 Å². The minimum absolute atomic E-state index is 0.435. The van der Waals surface area contributed by atoms with Crippen molar-refractivity contribution in [2.24, 2.45) is 0 Å². The molecule has 0 fully saturated rings. The third-order valence-electron chi connectivity index (χ3n) is 2.33. The van der Waals surface area contributed by atoms with Gasteiger partial charge in [-0.1, -0.05) is 26.0 Å². The van der Waals surface area contributed by atoms with Crippen LogP contribution in [0.15, 0.2) is 18.2 Å². The SMILES string of the molecule is CCC(C)c1ccc(C)cc1O. The molecule has 1 nitrogen and oxygen atoms in total. The zero-order chi connectivity index (χ0) is 9.14. The highest BCUT2D eigenvalue weighted by Crippen LogP contribution is 2.28. The molecule has 1 rings (SSSR count).